The Morgan fingerprint density at radius 3 is 2.57 bits per heavy atom. The molecule has 0 bridgehead atoms. The van der Waals surface area contributed by atoms with E-state index in [-0.39, 0.29) is 6.61 Å². The second-order valence-corrected chi connectivity index (χ2v) is 6.68. The van der Waals surface area contributed by atoms with Crippen molar-refractivity contribution in [3.8, 4) is 11.5 Å². The van der Waals surface area contributed by atoms with Gasteiger partial charge in [0.2, 0.25) is 0 Å². The fourth-order valence-electron chi connectivity index (χ4n) is 2.35. The number of carbonyl (C=O) groups excluding carboxylic acids is 2. The molecule has 0 aliphatic carbocycles. The average molecular weight is 404 g/mol. The summed E-state index contributed by atoms with van der Waals surface area (Å²) in [4.78, 5) is 25.4. The number of benzene rings is 2. The normalized spacial score (nSPS) is 10.2. The fraction of sp³-hybridized carbons (Fsp3) is 0.333. The van der Waals surface area contributed by atoms with Crippen LogP contribution in [-0.4, -0.2) is 38.0 Å². The highest BCUT2D eigenvalue weighted by Gasteiger charge is 2.14. The zero-order valence-corrected chi connectivity index (χ0v) is 17.1. The van der Waals surface area contributed by atoms with Crippen molar-refractivity contribution < 1.29 is 23.8 Å². The molecule has 2 aromatic carbocycles. The predicted molar refractivity (Wildman–Crippen MR) is 111 cm³/mol. The molecule has 0 saturated heterocycles. The average Bonchev–Trinajstić information content (AvgIpc) is 2.71. The number of ether oxygens (including phenoxy) is 3. The van der Waals surface area contributed by atoms with Crippen molar-refractivity contribution in [2.75, 3.05) is 31.4 Å². The molecular formula is C21H25NO5S. The fourth-order valence-corrected chi connectivity index (χ4v) is 2.81. The number of anilines is 1. The van der Waals surface area contributed by atoms with Gasteiger partial charge in [-0.1, -0.05) is 13.0 Å². The highest BCUT2D eigenvalue weighted by atomic mass is 32.2. The molecule has 7 heteroatoms. The van der Waals surface area contributed by atoms with Gasteiger partial charge in [0.05, 0.1) is 18.8 Å². The summed E-state index contributed by atoms with van der Waals surface area (Å²) in [5.74, 6) is 0.0472. The van der Waals surface area contributed by atoms with Crippen LogP contribution in [0.25, 0.3) is 0 Å². The van der Waals surface area contributed by atoms with Crippen molar-refractivity contribution in [3.63, 3.8) is 0 Å². The van der Waals surface area contributed by atoms with Gasteiger partial charge >= 0.3 is 5.97 Å². The van der Waals surface area contributed by atoms with Crippen LogP contribution in [0.2, 0.25) is 0 Å². The third-order valence-corrected chi connectivity index (χ3v) is 4.35. The summed E-state index contributed by atoms with van der Waals surface area (Å²) in [6.45, 7) is 4.49. The van der Waals surface area contributed by atoms with Crippen LogP contribution in [0.1, 0.15) is 30.6 Å². The van der Waals surface area contributed by atoms with Crippen molar-refractivity contribution in [1.29, 1.82) is 0 Å². The third kappa shape index (κ3) is 6.49. The van der Waals surface area contributed by atoms with Gasteiger partial charge in [-0.25, -0.2) is 4.79 Å². The number of rotatable bonds is 10. The lowest BCUT2D eigenvalue weighted by atomic mass is 10.2. The predicted octanol–water partition coefficient (Wildman–Crippen LogP) is 4.39. The molecule has 1 amide bonds. The van der Waals surface area contributed by atoms with Crippen molar-refractivity contribution in [1.82, 2.24) is 0 Å². The minimum Gasteiger partial charge on any atom is -0.490 e. The first-order valence-corrected chi connectivity index (χ1v) is 10.3. The number of amides is 1. The summed E-state index contributed by atoms with van der Waals surface area (Å²) in [6, 6.07) is 12.3. The third-order valence-electron chi connectivity index (χ3n) is 3.63. The number of esters is 1. The van der Waals surface area contributed by atoms with E-state index in [1.54, 1.807) is 36.0 Å². The van der Waals surface area contributed by atoms with Crippen LogP contribution in [0.3, 0.4) is 0 Å². The number of carbonyl (C=O) groups is 2. The number of hydrogen-bond acceptors (Lipinski definition) is 6. The maximum atomic E-state index is 12.3. The van der Waals surface area contributed by atoms with E-state index in [2.05, 4.69) is 5.32 Å². The molecule has 28 heavy (non-hydrogen) atoms. The van der Waals surface area contributed by atoms with E-state index in [1.807, 2.05) is 38.3 Å². The molecule has 1 N–H and O–H groups in total. The molecular weight excluding hydrogens is 378 g/mol. The molecule has 2 aromatic rings. The first-order chi connectivity index (χ1) is 13.6. The van der Waals surface area contributed by atoms with Crippen LogP contribution in [0.4, 0.5) is 5.69 Å². The topological polar surface area (TPSA) is 73.9 Å². The minimum atomic E-state index is -0.601. The van der Waals surface area contributed by atoms with Gasteiger partial charge in [-0.05, 0) is 56.0 Å². The summed E-state index contributed by atoms with van der Waals surface area (Å²) < 4.78 is 16.3. The summed E-state index contributed by atoms with van der Waals surface area (Å²) in [5.41, 5.74) is 0.952. The first kappa shape index (κ1) is 21.6. The van der Waals surface area contributed by atoms with Crippen molar-refractivity contribution in [3.05, 3.63) is 48.0 Å². The van der Waals surface area contributed by atoms with E-state index in [1.165, 1.54) is 0 Å². The molecule has 0 aliphatic heterocycles. The Labute approximate surface area is 169 Å². The zero-order valence-electron chi connectivity index (χ0n) is 16.3. The van der Waals surface area contributed by atoms with E-state index in [0.29, 0.717) is 36.0 Å². The maximum absolute atomic E-state index is 12.3. The molecule has 0 aliphatic rings. The first-order valence-electron chi connectivity index (χ1n) is 9.08. The Morgan fingerprint density at radius 2 is 1.86 bits per heavy atom. The second-order valence-electron chi connectivity index (χ2n) is 5.80. The molecule has 0 radical (unpaired) electrons. The van der Waals surface area contributed by atoms with Crippen LogP contribution < -0.4 is 14.8 Å². The number of nitrogens with one attached hydrogen (secondary N) is 1. The Morgan fingerprint density at radius 1 is 1.04 bits per heavy atom. The molecule has 6 nitrogen and oxygen atoms in total. The lowest BCUT2D eigenvalue weighted by Crippen LogP contribution is -2.21. The minimum absolute atomic E-state index is 0.296. The van der Waals surface area contributed by atoms with Gasteiger partial charge < -0.3 is 19.5 Å². The zero-order chi connectivity index (χ0) is 20.4. The smallest absolute Gasteiger partial charge is 0.338 e. The van der Waals surface area contributed by atoms with Gasteiger partial charge in [0.25, 0.3) is 5.91 Å². The molecule has 0 fully saturated rings. The Bertz CT molecular complexity index is 809. The van der Waals surface area contributed by atoms with Gasteiger partial charge in [0.1, 0.15) is 0 Å². The van der Waals surface area contributed by atoms with Gasteiger partial charge in [-0.2, -0.15) is 0 Å². The molecule has 0 spiro atoms. The maximum Gasteiger partial charge on any atom is 0.338 e. The van der Waals surface area contributed by atoms with Crippen LogP contribution in [-0.2, 0) is 9.53 Å². The van der Waals surface area contributed by atoms with Crippen LogP contribution >= 0.6 is 11.8 Å². The summed E-state index contributed by atoms with van der Waals surface area (Å²) >= 11 is 1.58. The number of thioether (sulfide) groups is 1. The highest BCUT2D eigenvalue weighted by molar-refractivity contribution is 7.98. The van der Waals surface area contributed by atoms with Crippen molar-refractivity contribution in [2.45, 2.75) is 25.2 Å². The van der Waals surface area contributed by atoms with Gasteiger partial charge in [-0.15, -0.1) is 11.8 Å². The lowest BCUT2D eigenvalue weighted by Gasteiger charge is -2.13. The largest absolute Gasteiger partial charge is 0.490 e. The van der Waals surface area contributed by atoms with Gasteiger partial charge in [-0.3, -0.25) is 4.79 Å². The van der Waals surface area contributed by atoms with Gasteiger partial charge in [0.15, 0.2) is 18.1 Å². The van der Waals surface area contributed by atoms with Crippen LogP contribution in [0, 0.1) is 0 Å². The molecule has 0 unspecified atom stereocenters. The lowest BCUT2D eigenvalue weighted by molar-refractivity contribution is -0.119. The Balaban J connectivity index is 1.95. The summed E-state index contributed by atoms with van der Waals surface area (Å²) in [6.07, 6.45) is 2.82. The van der Waals surface area contributed by atoms with E-state index in [0.717, 1.165) is 11.3 Å². The second kappa shape index (κ2) is 11.2. The molecule has 2 rings (SSSR count). The Kier molecular flexibility index (Phi) is 8.68. The molecule has 0 aromatic heterocycles. The van der Waals surface area contributed by atoms with E-state index in [4.69, 9.17) is 14.2 Å². The standard InChI is InChI=1S/C21H25NO5S/c1-4-11-26-18-10-9-15(12-19(18)25-5-2)21(24)27-14-20(23)22-16-7-6-8-17(13-16)28-3/h6-10,12-13H,4-5,11,14H2,1-3H3,(H,22,23). The van der Waals surface area contributed by atoms with Crippen molar-refractivity contribution >= 4 is 29.3 Å². The summed E-state index contributed by atoms with van der Waals surface area (Å²) in [5, 5.41) is 2.71. The molecule has 0 saturated carbocycles. The highest BCUT2D eigenvalue weighted by Crippen LogP contribution is 2.29. The van der Waals surface area contributed by atoms with Crippen LogP contribution in [0.15, 0.2) is 47.4 Å². The van der Waals surface area contributed by atoms with Gasteiger partial charge in [0, 0.05) is 10.6 Å². The molecule has 0 atom stereocenters. The van der Waals surface area contributed by atoms with Crippen molar-refractivity contribution in [2.24, 2.45) is 0 Å². The van der Waals surface area contributed by atoms with E-state index in [9.17, 15) is 9.59 Å². The quantitative estimate of drug-likeness (QED) is 0.468. The number of hydrogen-bond donors (Lipinski definition) is 1. The molecule has 150 valence electrons. The SMILES string of the molecule is CCCOc1ccc(C(=O)OCC(=O)Nc2cccc(SC)c2)cc1OCC. The summed E-state index contributed by atoms with van der Waals surface area (Å²) in [7, 11) is 0. The van der Waals surface area contributed by atoms with Crippen LogP contribution in [0.5, 0.6) is 11.5 Å². The van der Waals surface area contributed by atoms with E-state index >= 15 is 0 Å². The Hall–Kier alpha value is -2.67. The van der Waals surface area contributed by atoms with E-state index < -0.39 is 11.9 Å². The monoisotopic (exact) mass is 403 g/mol. The molecule has 0 heterocycles.